The number of carbonyl (C=O) groups is 2. The van der Waals surface area contributed by atoms with Gasteiger partial charge in [-0.25, -0.2) is 9.37 Å². The number of benzene rings is 2. The van der Waals surface area contributed by atoms with Gasteiger partial charge in [-0.1, -0.05) is 47.6 Å². The summed E-state index contributed by atoms with van der Waals surface area (Å²) in [5, 5.41) is 15.4. The minimum absolute atomic E-state index is 0.0459. The second kappa shape index (κ2) is 9.96. The molecule has 0 aliphatic rings. The van der Waals surface area contributed by atoms with Crippen molar-refractivity contribution >= 4 is 23.3 Å². The molecule has 0 spiro atoms. The first-order valence-electron chi connectivity index (χ1n) is 10.5. The summed E-state index contributed by atoms with van der Waals surface area (Å²) < 4.78 is 24.9. The van der Waals surface area contributed by atoms with Crippen LogP contribution in [0.3, 0.4) is 0 Å². The van der Waals surface area contributed by atoms with E-state index in [4.69, 9.17) is 14.4 Å². The van der Waals surface area contributed by atoms with Crippen molar-refractivity contribution in [2.45, 2.75) is 32.8 Å². The number of halogens is 1. The second-order valence-electron chi connectivity index (χ2n) is 7.71. The Morgan fingerprint density at radius 2 is 1.88 bits per heavy atom. The van der Waals surface area contributed by atoms with Crippen molar-refractivity contribution < 1.29 is 28.3 Å². The third kappa shape index (κ3) is 5.20. The van der Waals surface area contributed by atoms with E-state index < -0.39 is 23.9 Å². The number of aliphatic carboxylic acids is 1. The SMILES string of the molecule is Cc1noc(-c2csc(-c3ccc(CC(=O)O)cc3)n2)c1CC(=O)O[C@H](C)c1ccccc1F. The predicted molar refractivity (Wildman–Crippen MR) is 124 cm³/mol. The van der Waals surface area contributed by atoms with Crippen LogP contribution in [-0.4, -0.2) is 27.2 Å². The van der Waals surface area contributed by atoms with Gasteiger partial charge in [0.25, 0.3) is 0 Å². The molecule has 2 aromatic heterocycles. The van der Waals surface area contributed by atoms with Crippen LogP contribution in [0.25, 0.3) is 22.0 Å². The van der Waals surface area contributed by atoms with Gasteiger partial charge < -0.3 is 14.4 Å². The van der Waals surface area contributed by atoms with Gasteiger partial charge in [-0.3, -0.25) is 9.59 Å². The summed E-state index contributed by atoms with van der Waals surface area (Å²) in [5.41, 5.74) is 3.46. The largest absolute Gasteiger partial charge is 0.481 e. The van der Waals surface area contributed by atoms with E-state index in [9.17, 15) is 14.0 Å². The fourth-order valence-corrected chi connectivity index (χ4v) is 4.31. The molecular formula is C25H21FN2O5S. The maximum Gasteiger partial charge on any atom is 0.311 e. The molecule has 2 heterocycles. The lowest BCUT2D eigenvalue weighted by atomic mass is 10.1. The van der Waals surface area contributed by atoms with Crippen LogP contribution in [0.4, 0.5) is 4.39 Å². The minimum atomic E-state index is -0.890. The molecule has 0 aliphatic heterocycles. The van der Waals surface area contributed by atoms with Gasteiger partial charge in [-0.2, -0.15) is 0 Å². The van der Waals surface area contributed by atoms with Crippen molar-refractivity contribution in [3.63, 3.8) is 0 Å². The summed E-state index contributed by atoms with van der Waals surface area (Å²) in [6, 6.07) is 13.3. The highest BCUT2D eigenvalue weighted by atomic mass is 32.1. The number of nitrogens with zero attached hydrogens (tertiary/aromatic N) is 2. The number of hydrogen-bond donors (Lipinski definition) is 1. The highest BCUT2D eigenvalue weighted by Crippen LogP contribution is 2.32. The molecule has 0 amide bonds. The average Bonchev–Trinajstić information content (AvgIpc) is 3.41. The van der Waals surface area contributed by atoms with Crippen LogP contribution in [-0.2, 0) is 27.2 Å². The van der Waals surface area contributed by atoms with Gasteiger partial charge in [0.2, 0.25) is 0 Å². The van der Waals surface area contributed by atoms with Crippen molar-refractivity contribution in [1.82, 2.24) is 10.1 Å². The van der Waals surface area contributed by atoms with Gasteiger partial charge in [0.1, 0.15) is 22.6 Å². The van der Waals surface area contributed by atoms with Crippen LogP contribution in [0, 0.1) is 12.7 Å². The van der Waals surface area contributed by atoms with Gasteiger partial charge in [0, 0.05) is 22.1 Å². The van der Waals surface area contributed by atoms with E-state index in [2.05, 4.69) is 10.1 Å². The van der Waals surface area contributed by atoms with E-state index in [1.54, 1.807) is 49.6 Å². The van der Waals surface area contributed by atoms with Crippen molar-refractivity contribution in [3.05, 3.63) is 82.1 Å². The fraction of sp³-hybridized carbons (Fsp3) is 0.200. The molecule has 0 unspecified atom stereocenters. The number of carboxylic acid groups (broad SMARTS) is 1. The quantitative estimate of drug-likeness (QED) is 0.338. The number of thiazole rings is 1. The maximum atomic E-state index is 14.0. The number of carbonyl (C=O) groups excluding carboxylic acids is 1. The highest BCUT2D eigenvalue weighted by Gasteiger charge is 2.23. The Morgan fingerprint density at radius 1 is 1.15 bits per heavy atom. The highest BCUT2D eigenvalue weighted by molar-refractivity contribution is 7.13. The Kier molecular flexibility index (Phi) is 6.83. The Hall–Kier alpha value is -3.85. The first kappa shape index (κ1) is 23.3. The third-order valence-electron chi connectivity index (χ3n) is 5.25. The van der Waals surface area contributed by atoms with Gasteiger partial charge in [0.15, 0.2) is 5.76 Å². The Bertz CT molecular complexity index is 1330. The zero-order valence-corrected chi connectivity index (χ0v) is 19.3. The Balaban J connectivity index is 1.50. The molecule has 4 rings (SSSR count). The smallest absolute Gasteiger partial charge is 0.311 e. The molecule has 2 aromatic carbocycles. The van der Waals surface area contributed by atoms with Gasteiger partial charge in [-0.15, -0.1) is 11.3 Å². The van der Waals surface area contributed by atoms with Gasteiger partial charge in [0.05, 0.1) is 18.5 Å². The third-order valence-corrected chi connectivity index (χ3v) is 6.14. The lowest BCUT2D eigenvalue weighted by Crippen LogP contribution is -2.13. The number of esters is 1. The van der Waals surface area contributed by atoms with Gasteiger partial charge in [-0.05, 0) is 25.5 Å². The zero-order chi connectivity index (χ0) is 24.2. The van der Waals surface area contributed by atoms with E-state index in [0.29, 0.717) is 38.8 Å². The summed E-state index contributed by atoms with van der Waals surface area (Å²) in [6.07, 6.45) is -0.886. The molecule has 7 nitrogen and oxygen atoms in total. The molecule has 0 bridgehead atoms. The van der Waals surface area contributed by atoms with E-state index in [0.717, 1.165) is 5.56 Å². The van der Waals surface area contributed by atoms with Crippen molar-refractivity contribution in [2.24, 2.45) is 0 Å². The molecule has 0 aliphatic carbocycles. The molecule has 0 saturated heterocycles. The molecule has 34 heavy (non-hydrogen) atoms. The fourth-order valence-electron chi connectivity index (χ4n) is 3.50. The standard InChI is InChI=1S/C25H21FN2O5S/c1-14-19(12-23(31)32-15(2)18-5-3-4-6-20(18)26)24(33-28-14)21-13-34-25(27-21)17-9-7-16(8-10-17)11-22(29)30/h3-10,13,15H,11-12H2,1-2H3,(H,29,30)/t15-/m1/s1. The van der Waals surface area contributed by atoms with Crippen LogP contribution in [0.2, 0.25) is 0 Å². The van der Waals surface area contributed by atoms with Crippen LogP contribution in [0.1, 0.15) is 35.4 Å². The molecule has 1 N–H and O–H groups in total. The van der Waals surface area contributed by atoms with E-state index in [-0.39, 0.29) is 12.8 Å². The summed E-state index contributed by atoms with van der Waals surface area (Å²) in [4.78, 5) is 28.1. The molecule has 0 radical (unpaired) electrons. The van der Waals surface area contributed by atoms with Crippen LogP contribution < -0.4 is 0 Å². The van der Waals surface area contributed by atoms with Crippen LogP contribution >= 0.6 is 11.3 Å². The predicted octanol–water partition coefficient (Wildman–Crippen LogP) is 5.39. The maximum absolute atomic E-state index is 14.0. The molecule has 9 heteroatoms. The van der Waals surface area contributed by atoms with Crippen LogP contribution in [0.15, 0.2) is 58.4 Å². The molecule has 0 fully saturated rings. The summed E-state index contributed by atoms with van der Waals surface area (Å²) in [6.45, 7) is 3.34. The molecule has 4 aromatic rings. The average molecular weight is 481 g/mol. The minimum Gasteiger partial charge on any atom is -0.481 e. The Labute approximate surface area is 198 Å². The van der Waals surface area contributed by atoms with Crippen molar-refractivity contribution in [1.29, 1.82) is 0 Å². The first-order valence-corrected chi connectivity index (χ1v) is 11.4. The van der Waals surface area contributed by atoms with E-state index in [1.165, 1.54) is 17.4 Å². The molecular weight excluding hydrogens is 459 g/mol. The number of hydrogen-bond acceptors (Lipinski definition) is 7. The first-order chi connectivity index (χ1) is 16.3. The topological polar surface area (TPSA) is 103 Å². The summed E-state index contributed by atoms with van der Waals surface area (Å²) in [7, 11) is 0. The van der Waals surface area contributed by atoms with E-state index in [1.807, 2.05) is 12.1 Å². The molecule has 0 saturated carbocycles. The molecule has 1 atom stereocenters. The normalized spacial score (nSPS) is 11.9. The van der Waals surface area contributed by atoms with E-state index >= 15 is 0 Å². The Morgan fingerprint density at radius 3 is 2.59 bits per heavy atom. The summed E-state index contributed by atoms with van der Waals surface area (Å²) >= 11 is 1.39. The van der Waals surface area contributed by atoms with Crippen molar-refractivity contribution in [3.8, 4) is 22.0 Å². The lowest BCUT2D eigenvalue weighted by molar-refractivity contribution is -0.147. The monoisotopic (exact) mass is 480 g/mol. The summed E-state index contributed by atoms with van der Waals surface area (Å²) in [5.74, 6) is -1.49. The number of aromatic nitrogens is 2. The number of ether oxygens (including phenoxy) is 1. The lowest BCUT2D eigenvalue weighted by Gasteiger charge is -2.14. The van der Waals surface area contributed by atoms with Gasteiger partial charge >= 0.3 is 11.9 Å². The second-order valence-corrected chi connectivity index (χ2v) is 8.57. The van der Waals surface area contributed by atoms with Crippen LogP contribution in [0.5, 0.6) is 0 Å². The number of rotatable bonds is 8. The number of aryl methyl sites for hydroxylation is 1. The van der Waals surface area contributed by atoms with Crippen molar-refractivity contribution in [2.75, 3.05) is 0 Å². The molecule has 174 valence electrons. The zero-order valence-electron chi connectivity index (χ0n) is 18.4. The number of carboxylic acids is 1.